The van der Waals surface area contributed by atoms with Crippen molar-refractivity contribution in [2.45, 2.75) is 12.8 Å². The van der Waals surface area contributed by atoms with Gasteiger partial charge in [0.2, 0.25) is 0 Å². The summed E-state index contributed by atoms with van der Waals surface area (Å²) in [6.07, 6.45) is 4.04. The Kier molecular flexibility index (Phi) is 4.08. The number of hydrogen-bond donors (Lipinski definition) is 0. The highest BCUT2D eigenvalue weighted by Gasteiger charge is 2.01. The maximum Gasteiger partial charge on any atom is 0.0406 e. The fourth-order valence-corrected chi connectivity index (χ4v) is 2.67. The summed E-state index contributed by atoms with van der Waals surface area (Å²) in [5.41, 5.74) is 3.77. The summed E-state index contributed by atoms with van der Waals surface area (Å²) in [6.45, 7) is 3.78. The number of fused-ring (bicyclic) bond motifs is 1. The van der Waals surface area contributed by atoms with E-state index in [0.29, 0.717) is 0 Å². The Labute approximate surface area is 130 Å². The van der Waals surface area contributed by atoms with Gasteiger partial charge in [-0.2, -0.15) is 0 Å². The van der Waals surface area contributed by atoms with Crippen LogP contribution in [0.2, 0.25) is 5.02 Å². The Bertz CT molecular complexity index is 769. The fraction of sp³-hybridized carbons (Fsp3) is 0.100. The molecule has 0 aliphatic carbocycles. The maximum atomic E-state index is 5.95. The van der Waals surface area contributed by atoms with Gasteiger partial charge in [0.15, 0.2) is 0 Å². The van der Waals surface area contributed by atoms with Crippen LogP contribution in [0.3, 0.4) is 0 Å². The Morgan fingerprint density at radius 1 is 0.810 bits per heavy atom. The standard InChI is InChI=1S/C20H17Cl/c1-2-3-4-15-5-6-19-14-18(8-7-17(19)13-15)16-9-11-20(21)12-10-16/h2,5-14H,1,3-4H2. The van der Waals surface area contributed by atoms with Crippen molar-refractivity contribution in [1.82, 2.24) is 0 Å². The van der Waals surface area contributed by atoms with E-state index in [1.807, 2.05) is 18.2 Å². The minimum atomic E-state index is 0.770. The maximum absolute atomic E-state index is 5.95. The van der Waals surface area contributed by atoms with Gasteiger partial charge in [0.1, 0.15) is 0 Å². The van der Waals surface area contributed by atoms with Crippen LogP contribution in [0, 0.1) is 0 Å². The molecule has 104 valence electrons. The topological polar surface area (TPSA) is 0 Å². The summed E-state index contributed by atoms with van der Waals surface area (Å²) in [5.74, 6) is 0. The van der Waals surface area contributed by atoms with E-state index in [-0.39, 0.29) is 0 Å². The van der Waals surface area contributed by atoms with Gasteiger partial charge >= 0.3 is 0 Å². The van der Waals surface area contributed by atoms with E-state index in [1.54, 1.807) is 0 Å². The SMILES string of the molecule is C=CCCc1ccc2cc(-c3ccc(Cl)cc3)ccc2c1. The van der Waals surface area contributed by atoms with Crippen molar-refractivity contribution in [3.05, 3.63) is 83.9 Å². The summed E-state index contributed by atoms with van der Waals surface area (Å²) >= 11 is 5.95. The molecule has 0 aliphatic rings. The predicted octanol–water partition coefficient (Wildman–Crippen LogP) is 6.28. The smallest absolute Gasteiger partial charge is 0.0406 e. The molecule has 0 amide bonds. The quantitative estimate of drug-likeness (QED) is 0.496. The van der Waals surface area contributed by atoms with Crippen molar-refractivity contribution in [3.8, 4) is 11.1 Å². The van der Waals surface area contributed by atoms with Crippen LogP contribution in [0.5, 0.6) is 0 Å². The highest BCUT2D eigenvalue weighted by molar-refractivity contribution is 6.30. The fourth-order valence-electron chi connectivity index (χ4n) is 2.54. The van der Waals surface area contributed by atoms with Gasteiger partial charge in [-0.15, -0.1) is 6.58 Å². The van der Waals surface area contributed by atoms with Gasteiger partial charge < -0.3 is 0 Å². The van der Waals surface area contributed by atoms with E-state index < -0.39 is 0 Å². The van der Waals surface area contributed by atoms with Crippen LogP contribution in [0.4, 0.5) is 0 Å². The Morgan fingerprint density at radius 2 is 1.48 bits per heavy atom. The second-order valence-electron chi connectivity index (χ2n) is 5.23. The van der Waals surface area contributed by atoms with E-state index in [9.17, 15) is 0 Å². The zero-order valence-electron chi connectivity index (χ0n) is 11.9. The molecule has 0 aromatic heterocycles. The second-order valence-corrected chi connectivity index (χ2v) is 5.67. The summed E-state index contributed by atoms with van der Waals surface area (Å²) < 4.78 is 0. The molecule has 0 nitrogen and oxygen atoms in total. The molecule has 0 N–H and O–H groups in total. The zero-order chi connectivity index (χ0) is 14.7. The largest absolute Gasteiger partial charge is 0.103 e. The van der Waals surface area contributed by atoms with E-state index in [4.69, 9.17) is 11.6 Å². The summed E-state index contributed by atoms with van der Waals surface area (Å²) in [6, 6.07) is 21.2. The monoisotopic (exact) mass is 292 g/mol. The van der Waals surface area contributed by atoms with Gasteiger partial charge in [-0.1, -0.05) is 60.1 Å². The third kappa shape index (κ3) is 3.17. The molecule has 0 atom stereocenters. The van der Waals surface area contributed by atoms with Crippen molar-refractivity contribution in [2.75, 3.05) is 0 Å². The van der Waals surface area contributed by atoms with Crippen LogP contribution >= 0.6 is 11.6 Å². The molecule has 0 unspecified atom stereocenters. The Hall–Kier alpha value is -2.05. The second kappa shape index (κ2) is 6.15. The lowest BCUT2D eigenvalue weighted by atomic mass is 9.99. The first-order valence-corrected chi connectivity index (χ1v) is 7.53. The van der Waals surface area contributed by atoms with Gasteiger partial charge in [-0.3, -0.25) is 0 Å². The van der Waals surface area contributed by atoms with Crippen LogP contribution in [0.1, 0.15) is 12.0 Å². The van der Waals surface area contributed by atoms with Crippen molar-refractivity contribution < 1.29 is 0 Å². The van der Waals surface area contributed by atoms with Crippen LogP contribution in [-0.4, -0.2) is 0 Å². The molecule has 1 heteroatoms. The molecule has 0 heterocycles. The molecule has 0 saturated carbocycles. The van der Waals surface area contributed by atoms with Crippen LogP contribution < -0.4 is 0 Å². The summed E-state index contributed by atoms with van der Waals surface area (Å²) in [7, 11) is 0. The van der Waals surface area contributed by atoms with Crippen LogP contribution in [0.25, 0.3) is 21.9 Å². The average molecular weight is 293 g/mol. The number of rotatable bonds is 4. The molecule has 0 spiro atoms. The number of hydrogen-bond acceptors (Lipinski definition) is 0. The molecule has 0 fully saturated rings. The molecule has 0 aliphatic heterocycles. The molecule has 21 heavy (non-hydrogen) atoms. The zero-order valence-corrected chi connectivity index (χ0v) is 12.6. The summed E-state index contributed by atoms with van der Waals surface area (Å²) in [5, 5.41) is 3.32. The third-order valence-electron chi connectivity index (χ3n) is 3.72. The van der Waals surface area contributed by atoms with Crippen LogP contribution in [-0.2, 0) is 6.42 Å². The van der Waals surface area contributed by atoms with Gasteiger partial charge in [-0.05, 0) is 58.5 Å². The first-order valence-electron chi connectivity index (χ1n) is 7.16. The van der Waals surface area contributed by atoms with Gasteiger partial charge in [0.25, 0.3) is 0 Å². The first-order chi connectivity index (χ1) is 10.3. The number of benzene rings is 3. The van der Waals surface area contributed by atoms with E-state index in [1.165, 1.54) is 27.5 Å². The molecule has 3 aromatic rings. The highest BCUT2D eigenvalue weighted by Crippen LogP contribution is 2.26. The third-order valence-corrected chi connectivity index (χ3v) is 3.97. The van der Waals surface area contributed by atoms with Gasteiger partial charge in [0.05, 0.1) is 0 Å². The van der Waals surface area contributed by atoms with Crippen molar-refractivity contribution in [3.63, 3.8) is 0 Å². The van der Waals surface area contributed by atoms with E-state index in [2.05, 4.69) is 55.1 Å². The Morgan fingerprint density at radius 3 is 2.24 bits per heavy atom. The minimum Gasteiger partial charge on any atom is -0.103 e. The lowest BCUT2D eigenvalue weighted by Crippen LogP contribution is -1.84. The predicted molar refractivity (Wildman–Crippen MR) is 92.9 cm³/mol. The van der Waals surface area contributed by atoms with Gasteiger partial charge in [0, 0.05) is 5.02 Å². The Balaban J connectivity index is 1.96. The normalized spacial score (nSPS) is 10.7. The first kappa shape index (κ1) is 13.9. The number of aryl methyl sites for hydroxylation is 1. The molecule has 0 bridgehead atoms. The lowest BCUT2D eigenvalue weighted by Gasteiger charge is -2.06. The molecule has 0 saturated heterocycles. The minimum absolute atomic E-state index is 0.770. The highest BCUT2D eigenvalue weighted by atomic mass is 35.5. The number of allylic oxidation sites excluding steroid dienone is 1. The average Bonchev–Trinajstić information content (AvgIpc) is 2.53. The molecule has 3 aromatic carbocycles. The molecular weight excluding hydrogens is 276 g/mol. The molecule has 0 radical (unpaired) electrons. The van der Waals surface area contributed by atoms with E-state index >= 15 is 0 Å². The van der Waals surface area contributed by atoms with Gasteiger partial charge in [-0.25, -0.2) is 0 Å². The lowest BCUT2D eigenvalue weighted by molar-refractivity contribution is 1.01. The van der Waals surface area contributed by atoms with Crippen molar-refractivity contribution >= 4 is 22.4 Å². The van der Waals surface area contributed by atoms with Crippen molar-refractivity contribution in [1.29, 1.82) is 0 Å². The molecule has 3 rings (SSSR count). The molecular formula is C20H17Cl. The van der Waals surface area contributed by atoms with E-state index in [0.717, 1.165) is 17.9 Å². The summed E-state index contributed by atoms with van der Waals surface area (Å²) in [4.78, 5) is 0. The van der Waals surface area contributed by atoms with Crippen molar-refractivity contribution in [2.24, 2.45) is 0 Å². The van der Waals surface area contributed by atoms with Crippen LogP contribution in [0.15, 0.2) is 73.3 Å². The number of halogens is 1.